The van der Waals surface area contributed by atoms with E-state index in [-0.39, 0.29) is 11.9 Å². The average Bonchev–Trinajstić information content (AvgIpc) is 2.15. The van der Waals surface area contributed by atoms with Gasteiger partial charge in [0, 0.05) is 10.5 Å². The van der Waals surface area contributed by atoms with Crippen molar-refractivity contribution in [2.75, 3.05) is 0 Å². The van der Waals surface area contributed by atoms with Gasteiger partial charge in [0.15, 0.2) is 0 Å². The molecule has 3 atom stereocenters. The van der Waals surface area contributed by atoms with Gasteiger partial charge < -0.3 is 5.73 Å². The van der Waals surface area contributed by atoms with Gasteiger partial charge in [0.1, 0.15) is 5.82 Å². The fraction of sp³-hybridized carbons (Fsp3) is 0.455. The standard InChI is InChI=1S/C11H13BrFN/c1-6-9(5-11(6)14)8-3-2-7(12)4-10(8)13/h2-4,6,9,11H,5,14H2,1H3. The third-order valence-corrected chi connectivity index (χ3v) is 3.69. The summed E-state index contributed by atoms with van der Waals surface area (Å²) in [6, 6.07) is 5.50. The number of halogens is 2. The minimum absolute atomic E-state index is 0.122. The van der Waals surface area contributed by atoms with Crippen LogP contribution < -0.4 is 5.73 Å². The first-order chi connectivity index (χ1) is 6.59. The van der Waals surface area contributed by atoms with Crippen molar-refractivity contribution >= 4 is 15.9 Å². The lowest BCUT2D eigenvalue weighted by atomic mass is 9.67. The lowest BCUT2D eigenvalue weighted by molar-refractivity contribution is 0.222. The van der Waals surface area contributed by atoms with E-state index < -0.39 is 0 Å². The van der Waals surface area contributed by atoms with Crippen LogP contribution in [0.4, 0.5) is 4.39 Å². The largest absolute Gasteiger partial charge is 0.327 e. The maximum absolute atomic E-state index is 13.6. The van der Waals surface area contributed by atoms with Gasteiger partial charge in [0.2, 0.25) is 0 Å². The molecule has 14 heavy (non-hydrogen) atoms. The highest BCUT2D eigenvalue weighted by Gasteiger charge is 2.37. The fourth-order valence-electron chi connectivity index (χ4n) is 2.04. The Morgan fingerprint density at radius 2 is 2.21 bits per heavy atom. The van der Waals surface area contributed by atoms with Crippen LogP contribution in [-0.2, 0) is 0 Å². The summed E-state index contributed by atoms with van der Waals surface area (Å²) in [5.74, 6) is 0.576. The Balaban J connectivity index is 2.25. The molecule has 1 aromatic rings. The molecule has 2 N–H and O–H groups in total. The Morgan fingerprint density at radius 1 is 1.50 bits per heavy atom. The minimum atomic E-state index is -0.122. The third-order valence-electron chi connectivity index (χ3n) is 3.20. The Morgan fingerprint density at radius 3 is 2.71 bits per heavy atom. The van der Waals surface area contributed by atoms with Crippen LogP contribution in [0.5, 0.6) is 0 Å². The SMILES string of the molecule is CC1C(N)CC1c1ccc(Br)cc1F. The predicted octanol–water partition coefficient (Wildman–Crippen LogP) is 3.04. The molecule has 0 radical (unpaired) electrons. The van der Waals surface area contributed by atoms with E-state index in [0.29, 0.717) is 11.8 Å². The van der Waals surface area contributed by atoms with E-state index in [2.05, 4.69) is 22.9 Å². The van der Waals surface area contributed by atoms with Gasteiger partial charge in [-0.2, -0.15) is 0 Å². The van der Waals surface area contributed by atoms with E-state index in [0.717, 1.165) is 16.5 Å². The molecule has 2 rings (SSSR count). The molecule has 1 aliphatic carbocycles. The van der Waals surface area contributed by atoms with Gasteiger partial charge in [0.05, 0.1) is 0 Å². The normalized spacial score (nSPS) is 31.3. The summed E-state index contributed by atoms with van der Waals surface area (Å²) in [6.45, 7) is 2.08. The molecule has 1 aromatic carbocycles. The van der Waals surface area contributed by atoms with Crippen LogP contribution in [0.3, 0.4) is 0 Å². The van der Waals surface area contributed by atoms with Crippen molar-refractivity contribution < 1.29 is 4.39 Å². The molecule has 76 valence electrons. The molecule has 0 heterocycles. The molecule has 0 saturated heterocycles. The molecule has 3 unspecified atom stereocenters. The quantitative estimate of drug-likeness (QED) is 0.823. The molecule has 0 bridgehead atoms. The molecule has 0 aromatic heterocycles. The molecular formula is C11H13BrFN. The molecule has 0 aliphatic heterocycles. The van der Waals surface area contributed by atoms with E-state index in [9.17, 15) is 4.39 Å². The van der Waals surface area contributed by atoms with Gasteiger partial charge in [-0.3, -0.25) is 0 Å². The fourth-order valence-corrected chi connectivity index (χ4v) is 2.37. The second-order valence-corrected chi connectivity index (χ2v) is 4.95. The zero-order chi connectivity index (χ0) is 10.3. The Labute approximate surface area is 91.6 Å². The minimum Gasteiger partial charge on any atom is -0.327 e. The average molecular weight is 258 g/mol. The first-order valence-corrected chi connectivity index (χ1v) is 5.59. The van der Waals surface area contributed by atoms with E-state index in [1.807, 2.05) is 12.1 Å². The summed E-state index contributed by atoms with van der Waals surface area (Å²) < 4.78 is 14.3. The molecule has 0 spiro atoms. The second kappa shape index (κ2) is 3.63. The van der Waals surface area contributed by atoms with Gasteiger partial charge in [-0.25, -0.2) is 4.39 Å². The predicted molar refractivity (Wildman–Crippen MR) is 58.6 cm³/mol. The number of benzene rings is 1. The monoisotopic (exact) mass is 257 g/mol. The van der Waals surface area contributed by atoms with Crippen LogP contribution >= 0.6 is 15.9 Å². The van der Waals surface area contributed by atoms with E-state index in [4.69, 9.17) is 5.73 Å². The molecular weight excluding hydrogens is 245 g/mol. The Kier molecular flexibility index (Phi) is 2.62. The van der Waals surface area contributed by atoms with E-state index in [1.165, 1.54) is 6.07 Å². The van der Waals surface area contributed by atoms with Crippen molar-refractivity contribution in [3.8, 4) is 0 Å². The smallest absolute Gasteiger partial charge is 0.127 e. The summed E-state index contributed by atoms with van der Waals surface area (Å²) >= 11 is 3.25. The summed E-state index contributed by atoms with van der Waals surface area (Å²) in [6.07, 6.45) is 0.902. The summed E-state index contributed by atoms with van der Waals surface area (Å²) in [5, 5.41) is 0. The van der Waals surface area contributed by atoms with Crippen LogP contribution in [0.2, 0.25) is 0 Å². The van der Waals surface area contributed by atoms with Crippen LogP contribution in [0.1, 0.15) is 24.8 Å². The highest BCUT2D eigenvalue weighted by molar-refractivity contribution is 9.10. The zero-order valence-corrected chi connectivity index (χ0v) is 9.59. The van der Waals surface area contributed by atoms with Gasteiger partial charge in [-0.15, -0.1) is 0 Å². The van der Waals surface area contributed by atoms with Crippen LogP contribution in [0.25, 0.3) is 0 Å². The lowest BCUT2D eigenvalue weighted by Gasteiger charge is -2.41. The number of hydrogen-bond donors (Lipinski definition) is 1. The first-order valence-electron chi connectivity index (χ1n) is 4.80. The molecule has 3 heteroatoms. The zero-order valence-electron chi connectivity index (χ0n) is 8.00. The molecule has 0 amide bonds. The van der Waals surface area contributed by atoms with E-state index >= 15 is 0 Å². The maximum Gasteiger partial charge on any atom is 0.127 e. The van der Waals surface area contributed by atoms with Gasteiger partial charge >= 0.3 is 0 Å². The lowest BCUT2D eigenvalue weighted by Crippen LogP contribution is -2.44. The van der Waals surface area contributed by atoms with Crippen molar-refractivity contribution in [3.05, 3.63) is 34.1 Å². The van der Waals surface area contributed by atoms with Crippen molar-refractivity contribution in [2.45, 2.75) is 25.3 Å². The topological polar surface area (TPSA) is 26.0 Å². The van der Waals surface area contributed by atoms with E-state index in [1.54, 1.807) is 0 Å². The molecule has 1 nitrogen and oxygen atoms in total. The van der Waals surface area contributed by atoms with Gasteiger partial charge in [-0.05, 0) is 36.0 Å². The molecule has 1 saturated carbocycles. The number of rotatable bonds is 1. The highest BCUT2D eigenvalue weighted by Crippen LogP contribution is 2.42. The van der Waals surface area contributed by atoms with Gasteiger partial charge in [0.25, 0.3) is 0 Å². The van der Waals surface area contributed by atoms with Crippen molar-refractivity contribution in [1.29, 1.82) is 0 Å². The Bertz CT molecular complexity index is 353. The molecule has 1 aliphatic rings. The van der Waals surface area contributed by atoms with Crippen molar-refractivity contribution in [2.24, 2.45) is 11.7 Å². The van der Waals surface area contributed by atoms with Gasteiger partial charge in [-0.1, -0.05) is 28.9 Å². The summed E-state index contributed by atoms with van der Waals surface area (Å²) in [5.41, 5.74) is 6.61. The first kappa shape index (κ1) is 10.1. The second-order valence-electron chi connectivity index (χ2n) is 4.03. The van der Waals surface area contributed by atoms with Crippen molar-refractivity contribution in [3.63, 3.8) is 0 Å². The maximum atomic E-state index is 13.6. The molecule has 1 fully saturated rings. The summed E-state index contributed by atoms with van der Waals surface area (Å²) in [7, 11) is 0. The highest BCUT2D eigenvalue weighted by atomic mass is 79.9. The van der Waals surface area contributed by atoms with Crippen LogP contribution in [0, 0.1) is 11.7 Å². The van der Waals surface area contributed by atoms with Crippen LogP contribution in [0.15, 0.2) is 22.7 Å². The summed E-state index contributed by atoms with van der Waals surface area (Å²) in [4.78, 5) is 0. The van der Waals surface area contributed by atoms with Crippen LogP contribution in [-0.4, -0.2) is 6.04 Å². The third kappa shape index (κ3) is 1.59. The Hall–Kier alpha value is -0.410. The number of hydrogen-bond acceptors (Lipinski definition) is 1. The number of nitrogens with two attached hydrogens (primary N) is 1. The van der Waals surface area contributed by atoms with Crippen molar-refractivity contribution in [1.82, 2.24) is 0 Å².